The Kier molecular flexibility index (Phi) is 5.45. The minimum absolute atomic E-state index is 0.0239. The number of benzene rings is 2. The lowest BCUT2D eigenvalue weighted by Gasteiger charge is -2.09. The monoisotopic (exact) mass is 381 g/mol. The number of rotatable bonds is 6. The third-order valence-corrected chi connectivity index (χ3v) is 4.68. The van der Waals surface area contributed by atoms with Gasteiger partial charge in [0.1, 0.15) is 5.76 Å². The summed E-state index contributed by atoms with van der Waals surface area (Å²) in [5.74, 6) is -3.51. The summed E-state index contributed by atoms with van der Waals surface area (Å²) in [7, 11) is -3.81. The molecule has 2 rings (SSSR count). The third-order valence-electron chi connectivity index (χ3n) is 3.04. The summed E-state index contributed by atoms with van der Waals surface area (Å²) >= 11 is 5.72. The van der Waals surface area contributed by atoms with Crippen molar-refractivity contribution in [2.24, 2.45) is 0 Å². The van der Waals surface area contributed by atoms with Gasteiger partial charge in [0.05, 0.1) is 4.90 Å². The van der Waals surface area contributed by atoms with Crippen molar-refractivity contribution in [1.29, 1.82) is 0 Å². The second-order valence-corrected chi connectivity index (χ2v) is 6.95. The summed E-state index contributed by atoms with van der Waals surface area (Å²) in [6, 6.07) is 11.0. The first kappa shape index (κ1) is 18.5. The molecule has 25 heavy (non-hydrogen) atoms. The number of ketones is 1. The highest BCUT2D eigenvalue weighted by molar-refractivity contribution is 7.92. The van der Waals surface area contributed by atoms with Crippen molar-refractivity contribution < 1.29 is 28.2 Å². The van der Waals surface area contributed by atoms with Gasteiger partial charge in [-0.2, -0.15) is 0 Å². The first-order chi connectivity index (χ1) is 11.7. The molecule has 0 aromatic heterocycles. The summed E-state index contributed by atoms with van der Waals surface area (Å²) in [4.78, 5) is 21.5. The van der Waals surface area contributed by atoms with E-state index in [4.69, 9.17) is 16.7 Å². The number of halogens is 1. The molecule has 0 unspecified atom stereocenters. The Morgan fingerprint density at radius 1 is 0.960 bits per heavy atom. The second kappa shape index (κ2) is 7.37. The van der Waals surface area contributed by atoms with E-state index >= 15 is 0 Å². The molecule has 0 bridgehead atoms. The van der Waals surface area contributed by atoms with Crippen LogP contribution in [0.2, 0.25) is 5.02 Å². The minimum Gasteiger partial charge on any atom is -0.507 e. The molecule has 0 atom stereocenters. The van der Waals surface area contributed by atoms with Crippen LogP contribution in [-0.2, 0) is 19.6 Å². The average Bonchev–Trinajstić information content (AvgIpc) is 2.55. The van der Waals surface area contributed by atoms with E-state index in [-0.39, 0.29) is 16.1 Å². The summed E-state index contributed by atoms with van der Waals surface area (Å²) in [5, 5.41) is 18.6. The van der Waals surface area contributed by atoms with Gasteiger partial charge in [-0.1, -0.05) is 11.6 Å². The number of anilines is 1. The molecule has 0 spiro atoms. The van der Waals surface area contributed by atoms with Crippen molar-refractivity contribution in [3.63, 3.8) is 0 Å². The standard InChI is InChI=1S/C16H12ClNO6S/c17-11-3-7-13(8-4-11)25(23,24)18-12-5-1-10(2-6-12)14(19)9-15(20)16(21)22/h1-9,18-19H,(H,21,22)/b14-9-. The average molecular weight is 382 g/mol. The van der Waals surface area contributed by atoms with Gasteiger partial charge in [0.2, 0.25) is 0 Å². The number of carboxylic acids is 1. The van der Waals surface area contributed by atoms with Crippen LogP contribution in [0.15, 0.2) is 59.5 Å². The summed E-state index contributed by atoms with van der Waals surface area (Å²) in [6.07, 6.45) is 0.565. The van der Waals surface area contributed by atoms with Gasteiger partial charge in [-0.15, -0.1) is 0 Å². The molecule has 0 amide bonds. The molecule has 0 fully saturated rings. The van der Waals surface area contributed by atoms with Crippen molar-refractivity contribution in [1.82, 2.24) is 0 Å². The zero-order valence-electron chi connectivity index (χ0n) is 12.5. The number of sulfonamides is 1. The fourth-order valence-electron chi connectivity index (χ4n) is 1.81. The molecule has 2 aromatic rings. The van der Waals surface area contributed by atoms with Crippen LogP contribution >= 0.6 is 11.6 Å². The molecule has 3 N–H and O–H groups in total. The van der Waals surface area contributed by atoms with E-state index < -0.39 is 27.5 Å². The van der Waals surface area contributed by atoms with Crippen molar-refractivity contribution in [2.75, 3.05) is 4.72 Å². The highest BCUT2D eigenvalue weighted by atomic mass is 35.5. The lowest BCUT2D eigenvalue weighted by atomic mass is 10.1. The Labute approximate surface area is 148 Å². The highest BCUT2D eigenvalue weighted by Gasteiger charge is 2.14. The van der Waals surface area contributed by atoms with Gasteiger partial charge in [-0.05, 0) is 48.5 Å². The summed E-state index contributed by atoms with van der Waals surface area (Å²) < 4.78 is 26.8. The predicted molar refractivity (Wildman–Crippen MR) is 92.0 cm³/mol. The molecule has 9 heteroatoms. The summed E-state index contributed by atoms with van der Waals surface area (Å²) in [6.45, 7) is 0. The van der Waals surface area contributed by atoms with Crippen molar-refractivity contribution in [3.05, 3.63) is 65.2 Å². The topological polar surface area (TPSA) is 121 Å². The Bertz CT molecular complexity index is 934. The fourth-order valence-corrected chi connectivity index (χ4v) is 2.99. The van der Waals surface area contributed by atoms with Crippen LogP contribution in [-0.4, -0.2) is 30.4 Å². The summed E-state index contributed by atoms with van der Waals surface area (Å²) in [5.41, 5.74) is 0.375. The van der Waals surface area contributed by atoms with Gasteiger partial charge >= 0.3 is 5.97 Å². The van der Waals surface area contributed by atoms with Crippen LogP contribution in [0, 0.1) is 0 Å². The molecule has 0 aliphatic carbocycles. The lowest BCUT2D eigenvalue weighted by molar-refractivity contribution is -0.146. The maximum Gasteiger partial charge on any atom is 0.376 e. The Hall–Kier alpha value is -2.84. The maximum atomic E-state index is 12.2. The first-order valence-electron chi connectivity index (χ1n) is 6.76. The van der Waals surface area contributed by atoms with E-state index in [1.807, 2.05) is 0 Å². The molecule has 0 saturated heterocycles. The third kappa shape index (κ3) is 4.82. The van der Waals surface area contributed by atoms with E-state index in [0.717, 1.165) is 0 Å². The number of nitrogens with one attached hydrogen (secondary N) is 1. The zero-order chi connectivity index (χ0) is 18.6. The van der Waals surface area contributed by atoms with Crippen LogP contribution in [0.4, 0.5) is 5.69 Å². The zero-order valence-corrected chi connectivity index (χ0v) is 14.1. The number of carbonyl (C=O) groups excluding carboxylic acids is 1. The van der Waals surface area contributed by atoms with Crippen molar-refractivity contribution in [3.8, 4) is 0 Å². The largest absolute Gasteiger partial charge is 0.507 e. The van der Waals surface area contributed by atoms with Gasteiger partial charge in [-0.25, -0.2) is 13.2 Å². The molecule has 7 nitrogen and oxygen atoms in total. The molecule has 0 heterocycles. The van der Waals surface area contributed by atoms with Crippen LogP contribution in [0.5, 0.6) is 0 Å². The van der Waals surface area contributed by atoms with Crippen LogP contribution in [0.3, 0.4) is 0 Å². The van der Waals surface area contributed by atoms with Gasteiger partial charge in [0, 0.05) is 22.3 Å². The molecule has 0 aliphatic heterocycles. The predicted octanol–water partition coefficient (Wildman–Crippen LogP) is 2.69. The van der Waals surface area contributed by atoms with Gasteiger partial charge in [0.25, 0.3) is 15.8 Å². The molecular weight excluding hydrogens is 370 g/mol. The number of hydrogen-bond donors (Lipinski definition) is 3. The SMILES string of the molecule is O=C(O)C(=O)/C=C(\O)c1ccc(NS(=O)(=O)c2ccc(Cl)cc2)cc1. The number of aliphatic hydroxyl groups excluding tert-OH is 1. The fraction of sp³-hybridized carbons (Fsp3) is 0. The quantitative estimate of drug-likeness (QED) is 0.402. The Morgan fingerprint density at radius 3 is 2.04 bits per heavy atom. The molecular formula is C16H12ClNO6S. The van der Waals surface area contributed by atoms with E-state index in [1.165, 1.54) is 48.5 Å². The molecule has 2 aromatic carbocycles. The van der Waals surface area contributed by atoms with Crippen molar-refractivity contribution in [2.45, 2.75) is 4.90 Å². The lowest BCUT2D eigenvalue weighted by Crippen LogP contribution is -2.12. The number of carbonyl (C=O) groups is 2. The van der Waals surface area contributed by atoms with E-state index in [2.05, 4.69) is 4.72 Å². The van der Waals surface area contributed by atoms with Gasteiger partial charge in [0.15, 0.2) is 0 Å². The van der Waals surface area contributed by atoms with Gasteiger partial charge in [-0.3, -0.25) is 9.52 Å². The number of hydrogen-bond acceptors (Lipinski definition) is 5. The van der Waals surface area contributed by atoms with E-state index in [1.54, 1.807) is 0 Å². The molecule has 0 saturated carbocycles. The number of aliphatic carboxylic acids is 1. The van der Waals surface area contributed by atoms with E-state index in [0.29, 0.717) is 11.1 Å². The van der Waals surface area contributed by atoms with Gasteiger partial charge < -0.3 is 10.2 Å². The number of carboxylic acid groups (broad SMARTS) is 1. The normalized spacial score (nSPS) is 11.8. The molecule has 0 aliphatic rings. The van der Waals surface area contributed by atoms with Crippen molar-refractivity contribution >= 4 is 44.8 Å². The Morgan fingerprint density at radius 2 is 1.52 bits per heavy atom. The molecule has 0 radical (unpaired) electrons. The maximum absolute atomic E-state index is 12.2. The highest BCUT2D eigenvalue weighted by Crippen LogP contribution is 2.20. The minimum atomic E-state index is -3.81. The van der Waals surface area contributed by atoms with E-state index in [9.17, 15) is 23.1 Å². The second-order valence-electron chi connectivity index (χ2n) is 4.84. The molecule has 130 valence electrons. The number of aliphatic hydroxyl groups is 1. The van der Waals surface area contributed by atoms with Crippen LogP contribution in [0.25, 0.3) is 5.76 Å². The smallest absolute Gasteiger partial charge is 0.376 e. The van der Waals surface area contributed by atoms with Crippen LogP contribution < -0.4 is 4.72 Å². The van der Waals surface area contributed by atoms with Crippen LogP contribution in [0.1, 0.15) is 5.56 Å². The first-order valence-corrected chi connectivity index (χ1v) is 8.62. The Balaban J connectivity index is 2.19.